The maximum atomic E-state index is 11.9. The summed E-state index contributed by atoms with van der Waals surface area (Å²) in [5, 5.41) is 0. The molecule has 0 amide bonds. The third-order valence-corrected chi connectivity index (χ3v) is 6.06. The molecule has 3 aromatic rings. The summed E-state index contributed by atoms with van der Waals surface area (Å²) < 4.78 is 27.0. The molecule has 0 N–H and O–H groups in total. The maximum absolute atomic E-state index is 11.9. The lowest BCUT2D eigenvalue weighted by molar-refractivity contribution is -0.139. The molecule has 0 atom stereocenters. The molecule has 3 rings (SSSR count). The summed E-state index contributed by atoms with van der Waals surface area (Å²) in [7, 11) is 1.61. The summed E-state index contributed by atoms with van der Waals surface area (Å²) >= 11 is 0. The fourth-order valence-corrected chi connectivity index (χ4v) is 3.75. The number of ether oxygens (including phenoxy) is 5. The highest BCUT2D eigenvalue weighted by Crippen LogP contribution is 2.25. The molecule has 0 aliphatic rings. The molecule has 41 heavy (non-hydrogen) atoms. The number of unbranched alkanes of at least 4 members (excludes halogenated alkanes) is 3. The molecule has 0 bridgehead atoms. The highest BCUT2D eigenvalue weighted by Gasteiger charge is 2.04. The highest BCUT2D eigenvalue weighted by atomic mass is 16.6. The van der Waals surface area contributed by atoms with Crippen LogP contribution in [0.2, 0.25) is 0 Å². The molecule has 0 heterocycles. The lowest BCUT2D eigenvalue weighted by Gasteiger charge is -2.09. The Hall–Kier alpha value is -4.52. The monoisotopic (exact) mass is 558 g/mol. The van der Waals surface area contributed by atoms with E-state index in [0.717, 1.165) is 53.9 Å². The van der Waals surface area contributed by atoms with Crippen LogP contribution in [0, 0.1) is 0 Å². The van der Waals surface area contributed by atoms with Crippen molar-refractivity contribution in [3.63, 3.8) is 0 Å². The molecule has 0 saturated carbocycles. The largest absolute Gasteiger partial charge is 0.497 e. The summed E-state index contributed by atoms with van der Waals surface area (Å²) in [5.74, 6) is 1.54. The zero-order valence-corrected chi connectivity index (χ0v) is 23.8. The molecule has 0 unspecified atom stereocenters. The van der Waals surface area contributed by atoms with Crippen molar-refractivity contribution in [3.05, 3.63) is 96.6 Å². The number of carbonyl (C=O) groups is 2. The second kappa shape index (κ2) is 17.2. The number of carbonyl (C=O) groups excluding carboxylic acids is 2. The van der Waals surface area contributed by atoms with Crippen LogP contribution in [0.1, 0.15) is 38.2 Å². The summed E-state index contributed by atoms with van der Waals surface area (Å²) in [5.41, 5.74) is 3.45. The maximum Gasteiger partial charge on any atom is 0.333 e. The Morgan fingerprint density at radius 3 is 1.76 bits per heavy atom. The number of benzene rings is 3. The second-order valence-corrected chi connectivity index (χ2v) is 9.35. The van der Waals surface area contributed by atoms with Crippen molar-refractivity contribution in [2.75, 3.05) is 33.5 Å². The van der Waals surface area contributed by atoms with Crippen LogP contribution >= 0.6 is 0 Å². The van der Waals surface area contributed by atoms with Gasteiger partial charge in [0, 0.05) is 11.6 Å². The first kappa shape index (κ1) is 31.0. The average Bonchev–Trinajstić information content (AvgIpc) is 3.00. The zero-order chi connectivity index (χ0) is 29.3. The third kappa shape index (κ3) is 11.6. The second-order valence-electron chi connectivity index (χ2n) is 9.35. The van der Waals surface area contributed by atoms with E-state index in [2.05, 4.69) is 6.58 Å². The minimum Gasteiger partial charge on any atom is -0.497 e. The van der Waals surface area contributed by atoms with Gasteiger partial charge in [-0.2, -0.15) is 0 Å². The van der Waals surface area contributed by atoms with Gasteiger partial charge in [-0.3, -0.25) is 0 Å². The van der Waals surface area contributed by atoms with E-state index in [4.69, 9.17) is 23.7 Å². The van der Waals surface area contributed by atoms with Crippen LogP contribution < -0.4 is 14.2 Å². The molecule has 3 aromatic carbocycles. The Morgan fingerprint density at radius 2 is 1.20 bits per heavy atom. The van der Waals surface area contributed by atoms with Gasteiger partial charge in [0.15, 0.2) is 0 Å². The van der Waals surface area contributed by atoms with Crippen LogP contribution in [0.15, 0.2) is 91.0 Å². The van der Waals surface area contributed by atoms with Crippen molar-refractivity contribution >= 4 is 18.0 Å². The lowest BCUT2D eigenvalue weighted by atomic mass is 10.1. The zero-order valence-electron chi connectivity index (χ0n) is 23.8. The topological polar surface area (TPSA) is 80.3 Å². The van der Waals surface area contributed by atoms with Crippen LogP contribution in [-0.4, -0.2) is 45.5 Å². The van der Waals surface area contributed by atoms with E-state index in [9.17, 15) is 9.59 Å². The quantitative estimate of drug-likeness (QED) is 0.0997. The number of esters is 2. The van der Waals surface area contributed by atoms with Crippen LogP contribution in [0.25, 0.3) is 17.2 Å². The molecule has 216 valence electrons. The van der Waals surface area contributed by atoms with Gasteiger partial charge in [0.1, 0.15) is 30.5 Å². The first-order valence-corrected chi connectivity index (χ1v) is 13.7. The van der Waals surface area contributed by atoms with E-state index in [-0.39, 0.29) is 19.2 Å². The van der Waals surface area contributed by atoms with Crippen molar-refractivity contribution < 1.29 is 33.3 Å². The van der Waals surface area contributed by atoms with Crippen molar-refractivity contribution in [3.8, 4) is 28.4 Å². The molecule has 0 spiro atoms. The Bertz CT molecular complexity index is 1260. The molecule has 0 fully saturated rings. The summed E-state index contributed by atoms with van der Waals surface area (Å²) in [6, 6.07) is 23.1. The molecular weight excluding hydrogens is 520 g/mol. The highest BCUT2D eigenvalue weighted by molar-refractivity contribution is 5.87. The fourth-order valence-electron chi connectivity index (χ4n) is 3.75. The normalized spacial score (nSPS) is 10.7. The van der Waals surface area contributed by atoms with E-state index in [0.29, 0.717) is 24.5 Å². The first-order valence-electron chi connectivity index (χ1n) is 13.7. The fraction of sp³-hybridized carbons (Fsp3) is 0.294. The SMILES string of the molecule is C=C(C)C(=O)OCCCCCCOc1ccc(-c2ccc(OCCOC(=O)/C=C/c3ccc(OC)cc3)cc2)cc1. The van der Waals surface area contributed by atoms with Gasteiger partial charge < -0.3 is 23.7 Å². The van der Waals surface area contributed by atoms with Crippen LogP contribution in [0.5, 0.6) is 17.2 Å². The van der Waals surface area contributed by atoms with E-state index in [1.165, 1.54) is 6.08 Å². The molecule has 0 aliphatic carbocycles. The van der Waals surface area contributed by atoms with Crippen LogP contribution in [0.4, 0.5) is 0 Å². The summed E-state index contributed by atoms with van der Waals surface area (Å²) in [6.07, 6.45) is 6.87. The van der Waals surface area contributed by atoms with Gasteiger partial charge in [0.2, 0.25) is 0 Å². The minimum atomic E-state index is -0.425. The van der Waals surface area contributed by atoms with Crippen molar-refractivity contribution in [1.29, 1.82) is 0 Å². The smallest absolute Gasteiger partial charge is 0.333 e. The predicted molar refractivity (Wildman–Crippen MR) is 160 cm³/mol. The molecule has 0 aromatic heterocycles. The van der Waals surface area contributed by atoms with Gasteiger partial charge in [0.05, 0.1) is 20.3 Å². The van der Waals surface area contributed by atoms with Gasteiger partial charge in [-0.05, 0) is 91.8 Å². The Balaban J connectivity index is 1.29. The molecule has 7 nitrogen and oxygen atoms in total. The standard InChI is InChI=1S/C34H38O7/c1-26(2)34(36)41-23-7-5-4-6-22-38-31-17-11-28(12-18-31)29-13-19-32(20-14-29)39-24-25-40-33(35)21-10-27-8-15-30(37-3)16-9-27/h8-21H,1,4-7,22-25H2,2-3H3/b21-10+. The van der Waals surface area contributed by atoms with Crippen molar-refractivity contribution in [2.45, 2.75) is 32.6 Å². The van der Waals surface area contributed by atoms with E-state index >= 15 is 0 Å². The number of hydrogen-bond acceptors (Lipinski definition) is 7. The van der Waals surface area contributed by atoms with Gasteiger partial charge in [-0.25, -0.2) is 9.59 Å². The van der Waals surface area contributed by atoms with Crippen LogP contribution in [-0.2, 0) is 19.1 Å². The average molecular weight is 559 g/mol. The lowest BCUT2D eigenvalue weighted by Crippen LogP contribution is -2.10. The first-order chi connectivity index (χ1) is 19.9. The molecule has 7 heteroatoms. The van der Waals surface area contributed by atoms with Crippen molar-refractivity contribution in [1.82, 2.24) is 0 Å². The Kier molecular flexibility index (Phi) is 13.0. The molecule has 0 saturated heterocycles. The number of rotatable bonds is 17. The van der Waals surface area contributed by atoms with Crippen molar-refractivity contribution in [2.24, 2.45) is 0 Å². The molecule has 0 radical (unpaired) electrons. The van der Waals surface area contributed by atoms with Gasteiger partial charge in [-0.1, -0.05) is 43.0 Å². The minimum absolute atomic E-state index is 0.153. The van der Waals surface area contributed by atoms with Crippen LogP contribution in [0.3, 0.4) is 0 Å². The van der Waals surface area contributed by atoms with Gasteiger partial charge >= 0.3 is 11.9 Å². The molecular formula is C34H38O7. The van der Waals surface area contributed by atoms with E-state index in [1.807, 2.05) is 72.8 Å². The Labute approximate surface area is 242 Å². The Morgan fingerprint density at radius 1 is 0.659 bits per heavy atom. The van der Waals surface area contributed by atoms with E-state index < -0.39 is 5.97 Å². The number of methoxy groups -OCH3 is 1. The molecule has 0 aliphatic heterocycles. The third-order valence-electron chi connectivity index (χ3n) is 6.06. The van der Waals surface area contributed by atoms with Gasteiger partial charge in [-0.15, -0.1) is 0 Å². The predicted octanol–water partition coefficient (Wildman–Crippen LogP) is 7.06. The number of hydrogen-bond donors (Lipinski definition) is 0. The summed E-state index contributed by atoms with van der Waals surface area (Å²) in [6.45, 7) is 6.70. The van der Waals surface area contributed by atoms with E-state index in [1.54, 1.807) is 20.1 Å². The van der Waals surface area contributed by atoms with Gasteiger partial charge in [0.25, 0.3) is 0 Å². The summed E-state index contributed by atoms with van der Waals surface area (Å²) in [4.78, 5) is 23.2.